The molecule has 0 amide bonds. The second-order valence-corrected chi connectivity index (χ2v) is 7.44. The Hall–Kier alpha value is -1.65. The number of benzene rings is 1. The third kappa shape index (κ3) is 7.00. The molecule has 0 saturated carbocycles. The molecule has 0 atom stereocenters. The molecule has 6 heteroatoms. The van der Waals surface area contributed by atoms with Gasteiger partial charge in [0.05, 0.1) is 11.4 Å². The van der Waals surface area contributed by atoms with Crippen LogP contribution in [0.4, 0.5) is 0 Å². The molecule has 0 aliphatic heterocycles. The summed E-state index contributed by atoms with van der Waals surface area (Å²) in [6, 6.07) is 6.83. The first-order chi connectivity index (χ1) is 12.0. The molecule has 0 aliphatic carbocycles. The molecule has 0 heterocycles. The molecule has 0 spiro atoms. The molecule has 0 saturated heterocycles. The number of methoxy groups -OCH3 is 2. The van der Waals surface area contributed by atoms with Gasteiger partial charge in [-0.3, -0.25) is 0 Å². The molecule has 1 aromatic rings. The van der Waals surface area contributed by atoms with E-state index in [4.69, 9.17) is 9.47 Å². The molecule has 0 aliphatic rings. The van der Waals surface area contributed by atoms with E-state index in [-0.39, 0.29) is 11.4 Å². The van der Waals surface area contributed by atoms with Gasteiger partial charge in [-0.15, -0.1) is 0 Å². The van der Waals surface area contributed by atoms with E-state index < -0.39 is 16.3 Å². The Bertz CT molecular complexity index is 695. The van der Waals surface area contributed by atoms with Gasteiger partial charge in [0.2, 0.25) is 10.0 Å². The Balaban J connectivity index is 2.92. The third-order valence-electron chi connectivity index (χ3n) is 3.60. The molecule has 138 valence electrons. The first-order valence-corrected chi connectivity index (χ1v) is 9.61. The van der Waals surface area contributed by atoms with E-state index in [0.717, 1.165) is 5.56 Å². The van der Waals surface area contributed by atoms with Crippen LogP contribution in [0.15, 0.2) is 41.3 Å². The van der Waals surface area contributed by atoms with Gasteiger partial charge in [-0.1, -0.05) is 35.6 Å². The average molecular weight is 365 g/mol. The summed E-state index contributed by atoms with van der Waals surface area (Å²) in [6.45, 7) is 4.30. The van der Waals surface area contributed by atoms with Crippen molar-refractivity contribution in [3.63, 3.8) is 0 Å². The van der Waals surface area contributed by atoms with Gasteiger partial charge in [0, 0.05) is 27.2 Å². The van der Waals surface area contributed by atoms with Crippen LogP contribution in [0.3, 0.4) is 0 Å². The monoisotopic (exact) mass is 365 g/mol. The zero-order valence-corrected chi connectivity index (χ0v) is 16.2. The molecular weight excluding hydrogens is 338 g/mol. The minimum Gasteiger partial charge on any atom is -0.354 e. The fourth-order valence-electron chi connectivity index (χ4n) is 2.14. The molecule has 0 unspecified atom stereocenters. The fourth-order valence-corrected chi connectivity index (χ4v) is 3.60. The molecule has 1 aromatic carbocycles. The van der Waals surface area contributed by atoms with Crippen LogP contribution in [0.1, 0.15) is 25.3 Å². The van der Waals surface area contributed by atoms with Crippen LogP contribution in [-0.2, 0) is 19.5 Å². The Morgan fingerprint density at radius 2 is 1.84 bits per heavy atom. The van der Waals surface area contributed by atoms with E-state index in [9.17, 15) is 8.42 Å². The van der Waals surface area contributed by atoms with Gasteiger partial charge < -0.3 is 9.47 Å². The molecule has 0 radical (unpaired) electrons. The number of hydrogen-bond donors (Lipinski definition) is 0. The highest BCUT2D eigenvalue weighted by molar-refractivity contribution is 7.89. The van der Waals surface area contributed by atoms with Crippen molar-refractivity contribution in [1.29, 1.82) is 0 Å². The summed E-state index contributed by atoms with van der Waals surface area (Å²) in [6.07, 6.45) is 4.27. The molecule has 1 rings (SSSR count). The lowest BCUT2D eigenvalue weighted by Crippen LogP contribution is -2.39. The lowest BCUT2D eigenvalue weighted by atomic mass is 10.2. The summed E-state index contributed by atoms with van der Waals surface area (Å²) < 4.78 is 37.6. The van der Waals surface area contributed by atoms with E-state index in [0.29, 0.717) is 19.4 Å². The highest BCUT2D eigenvalue weighted by Gasteiger charge is 2.26. The lowest BCUT2D eigenvalue weighted by molar-refractivity contribution is -0.108. The summed E-state index contributed by atoms with van der Waals surface area (Å²) in [5.41, 5.74) is 1.01. The maximum absolute atomic E-state index is 12.9. The van der Waals surface area contributed by atoms with Gasteiger partial charge in [0.15, 0.2) is 6.29 Å². The number of allylic oxidation sites excluding steroid dienone is 2. The van der Waals surface area contributed by atoms with Crippen LogP contribution in [0.25, 0.3) is 0 Å². The Morgan fingerprint density at radius 1 is 1.20 bits per heavy atom. The van der Waals surface area contributed by atoms with E-state index in [1.165, 1.54) is 18.5 Å². The number of ether oxygens (including phenoxy) is 2. The van der Waals surface area contributed by atoms with Crippen molar-refractivity contribution in [2.75, 3.05) is 27.3 Å². The summed E-state index contributed by atoms with van der Waals surface area (Å²) in [5, 5.41) is 0. The van der Waals surface area contributed by atoms with Crippen molar-refractivity contribution in [3.05, 3.63) is 42.0 Å². The average Bonchev–Trinajstić information content (AvgIpc) is 2.60. The maximum Gasteiger partial charge on any atom is 0.243 e. The summed E-state index contributed by atoms with van der Waals surface area (Å²) in [4.78, 5) is 0.268. The highest BCUT2D eigenvalue weighted by Crippen LogP contribution is 2.18. The summed E-state index contributed by atoms with van der Waals surface area (Å²) >= 11 is 0. The van der Waals surface area contributed by atoms with Gasteiger partial charge in [0.1, 0.15) is 0 Å². The van der Waals surface area contributed by atoms with Crippen molar-refractivity contribution in [2.45, 2.75) is 37.9 Å². The predicted octanol–water partition coefficient (Wildman–Crippen LogP) is 2.96. The first-order valence-electron chi connectivity index (χ1n) is 8.17. The van der Waals surface area contributed by atoms with E-state index >= 15 is 0 Å². The van der Waals surface area contributed by atoms with Crippen molar-refractivity contribution < 1.29 is 17.9 Å². The zero-order chi connectivity index (χ0) is 18.7. The highest BCUT2D eigenvalue weighted by atomic mass is 32.2. The molecule has 0 aromatic heterocycles. The molecule has 0 bridgehead atoms. The van der Waals surface area contributed by atoms with E-state index in [2.05, 4.69) is 11.8 Å². The van der Waals surface area contributed by atoms with Gasteiger partial charge in [0.25, 0.3) is 0 Å². The second-order valence-electron chi connectivity index (χ2n) is 5.50. The summed E-state index contributed by atoms with van der Waals surface area (Å²) in [7, 11) is -0.632. The van der Waals surface area contributed by atoms with Gasteiger partial charge in [-0.05, 0) is 38.5 Å². The zero-order valence-electron chi connectivity index (χ0n) is 15.4. The summed E-state index contributed by atoms with van der Waals surface area (Å²) in [5.74, 6) is 5.90. The quantitative estimate of drug-likeness (QED) is 0.384. The maximum atomic E-state index is 12.9. The lowest BCUT2D eigenvalue weighted by Gasteiger charge is -2.25. The predicted molar refractivity (Wildman–Crippen MR) is 99.6 cm³/mol. The minimum absolute atomic E-state index is 0.130. The Morgan fingerprint density at radius 3 is 2.40 bits per heavy atom. The largest absolute Gasteiger partial charge is 0.354 e. The molecular formula is C19H27NO4S. The Kier molecular flexibility index (Phi) is 9.46. The smallest absolute Gasteiger partial charge is 0.243 e. The number of nitrogens with zero attached hydrogens (tertiary/aromatic N) is 1. The Labute approximate surface area is 151 Å². The number of sulfonamides is 1. The van der Waals surface area contributed by atoms with Crippen LogP contribution in [-0.4, -0.2) is 46.3 Å². The number of rotatable bonds is 9. The van der Waals surface area contributed by atoms with Crippen molar-refractivity contribution >= 4 is 10.0 Å². The van der Waals surface area contributed by atoms with E-state index in [1.807, 2.05) is 19.9 Å². The molecule has 5 nitrogen and oxygen atoms in total. The SMILES string of the molecule is C/C=C\C#CCCCN(CC(OC)OC)S(=O)(=O)c1ccc(C)cc1. The standard InChI is InChI=1S/C19H27NO4S/c1-5-6-7-8-9-10-15-20(16-19(23-3)24-4)25(21,22)18-13-11-17(2)12-14-18/h5-6,11-14,19H,9-10,15-16H2,1-4H3/b6-5-. The first kappa shape index (κ1) is 21.4. The fraction of sp³-hybridized carbons (Fsp3) is 0.474. The molecule has 25 heavy (non-hydrogen) atoms. The topological polar surface area (TPSA) is 55.8 Å². The van der Waals surface area contributed by atoms with Gasteiger partial charge >= 0.3 is 0 Å². The number of aryl methyl sites for hydroxylation is 1. The van der Waals surface area contributed by atoms with Crippen LogP contribution in [0.5, 0.6) is 0 Å². The molecule has 0 fully saturated rings. The van der Waals surface area contributed by atoms with Crippen LogP contribution < -0.4 is 0 Å². The van der Waals surface area contributed by atoms with Gasteiger partial charge in [-0.2, -0.15) is 4.31 Å². The minimum atomic E-state index is -3.62. The third-order valence-corrected chi connectivity index (χ3v) is 5.48. The van der Waals surface area contributed by atoms with Crippen LogP contribution in [0.2, 0.25) is 0 Å². The number of unbranched alkanes of at least 4 members (excludes halogenated alkanes) is 1. The molecule has 0 N–H and O–H groups in total. The second kappa shape index (κ2) is 11.1. The number of hydrogen-bond acceptors (Lipinski definition) is 4. The van der Waals surface area contributed by atoms with Crippen molar-refractivity contribution in [3.8, 4) is 11.8 Å². The van der Waals surface area contributed by atoms with Crippen molar-refractivity contribution in [1.82, 2.24) is 4.31 Å². The van der Waals surface area contributed by atoms with Crippen molar-refractivity contribution in [2.24, 2.45) is 0 Å². The van der Waals surface area contributed by atoms with E-state index in [1.54, 1.807) is 30.3 Å². The normalized spacial score (nSPS) is 11.9. The van der Waals surface area contributed by atoms with Gasteiger partial charge in [-0.25, -0.2) is 8.42 Å². The van der Waals surface area contributed by atoms with Crippen LogP contribution >= 0.6 is 0 Å². The van der Waals surface area contributed by atoms with Crippen LogP contribution in [0, 0.1) is 18.8 Å².